The molecular formula is C12H17NO2S. The summed E-state index contributed by atoms with van der Waals surface area (Å²) in [5.74, 6) is -0.591. The van der Waals surface area contributed by atoms with Gasteiger partial charge in [-0.3, -0.25) is 4.79 Å². The van der Waals surface area contributed by atoms with Gasteiger partial charge < -0.3 is 5.11 Å². The SMILES string of the molecule is CCC(C(=O)O)c1nc(C2CCCC2)cs1. The Morgan fingerprint density at radius 1 is 1.62 bits per heavy atom. The zero-order valence-electron chi connectivity index (χ0n) is 9.48. The van der Waals surface area contributed by atoms with Crippen LogP contribution in [0.15, 0.2) is 5.38 Å². The van der Waals surface area contributed by atoms with E-state index >= 15 is 0 Å². The Balaban J connectivity index is 2.14. The van der Waals surface area contributed by atoms with Crippen LogP contribution in [0.5, 0.6) is 0 Å². The van der Waals surface area contributed by atoms with Crippen LogP contribution in [0.1, 0.15) is 61.6 Å². The first-order chi connectivity index (χ1) is 7.72. The maximum absolute atomic E-state index is 11.0. The van der Waals surface area contributed by atoms with Crippen LogP contribution in [0.25, 0.3) is 0 Å². The lowest BCUT2D eigenvalue weighted by molar-refractivity contribution is -0.138. The first-order valence-electron chi connectivity index (χ1n) is 5.90. The highest BCUT2D eigenvalue weighted by atomic mass is 32.1. The maximum Gasteiger partial charge on any atom is 0.313 e. The van der Waals surface area contributed by atoms with Crippen molar-refractivity contribution in [1.82, 2.24) is 4.98 Å². The fraction of sp³-hybridized carbons (Fsp3) is 0.667. The predicted octanol–water partition coefficient (Wildman–Crippen LogP) is 3.38. The fourth-order valence-corrected chi connectivity index (χ4v) is 3.40. The molecule has 88 valence electrons. The molecule has 0 bridgehead atoms. The molecule has 1 N–H and O–H groups in total. The van der Waals surface area contributed by atoms with Gasteiger partial charge in [-0.25, -0.2) is 4.98 Å². The number of hydrogen-bond acceptors (Lipinski definition) is 3. The van der Waals surface area contributed by atoms with Gasteiger partial charge >= 0.3 is 5.97 Å². The van der Waals surface area contributed by atoms with Gasteiger partial charge in [0.15, 0.2) is 0 Å². The second-order valence-corrected chi connectivity index (χ2v) is 5.28. The van der Waals surface area contributed by atoms with Crippen LogP contribution in [0.4, 0.5) is 0 Å². The molecule has 1 unspecified atom stereocenters. The van der Waals surface area contributed by atoms with E-state index in [1.54, 1.807) is 0 Å². The highest BCUT2D eigenvalue weighted by Crippen LogP contribution is 2.35. The Bertz CT molecular complexity index is 369. The molecule has 0 aliphatic heterocycles. The van der Waals surface area contributed by atoms with Crippen molar-refractivity contribution in [1.29, 1.82) is 0 Å². The summed E-state index contributed by atoms with van der Waals surface area (Å²) < 4.78 is 0. The zero-order chi connectivity index (χ0) is 11.5. The van der Waals surface area contributed by atoms with E-state index in [0.717, 1.165) is 10.7 Å². The van der Waals surface area contributed by atoms with E-state index < -0.39 is 11.9 Å². The van der Waals surface area contributed by atoms with Crippen molar-refractivity contribution in [2.24, 2.45) is 0 Å². The summed E-state index contributed by atoms with van der Waals surface area (Å²) in [6.07, 6.45) is 5.62. The fourth-order valence-electron chi connectivity index (χ4n) is 2.32. The third kappa shape index (κ3) is 2.26. The Morgan fingerprint density at radius 3 is 2.88 bits per heavy atom. The lowest BCUT2D eigenvalue weighted by Gasteiger charge is -2.06. The van der Waals surface area contributed by atoms with Gasteiger partial charge in [0, 0.05) is 11.3 Å². The minimum atomic E-state index is -0.755. The molecule has 0 aromatic carbocycles. The van der Waals surface area contributed by atoms with E-state index in [1.165, 1.54) is 37.0 Å². The van der Waals surface area contributed by atoms with E-state index in [9.17, 15) is 4.79 Å². The van der Waals surface area contributed by atoms with Crippen molar-refractivity contribution < 1.29 is 9.90 Å². The normalized spacial score (nSPS) is 18.8. The van der Waals surface area contributed by atoms with Crippen LogP contribution < -0.4 is 0 Å². The van der Waals surface area contributed by atoms with Gasteiger partial charge in [0.25, 0.3) is 0 Å². The molecule has 3 nitrogen and oxygen atoms in total. The van der Waals surface area contributed by atoms with Crippen LogP contribution in [0.2, 0.25) is 0 Å². The first-order valence-corrected chi connectivity index (χ1v) is 6.78. The minimum Gasteiger partial charge on any atom is -0.481 e. The predicted molar refractivity (Wildman–Crippen MR) is 64.0 cm³/mol. The highest BCUT2D eigenvalue weighted by molar-refractivity contribution is 7.09. The van der Waals surface area contributed by atoms with Gasteiger partial charge in [-0.15, -0.1) is 11.3 Å². The molecule has 1 atom stereocenters. The highest BCUT2D eigenvalue weighted by Gasteiger charge is 2.24. The number of carboxylic acids is 1. The second-order valence-electron chi connectivity index (χ2n) is 4.39. The molecule has 0 radical (unpaired) electrons. The molecule has 16 heavy (non-hydrogen) atoms. The summed E-state index contributed by atoms with van der Waals surface area (Å²) in [5, 5.41) is 11.9. The second kappa shape index (κ2) is 4.95. The minimum absolute atomic E-state index is 0.417. The number of nitrogens with zero attached hydrogens (tertiary/aromatic N) is 1. The lowest BCUT2D eigenvalue weighted by Crippen LogP contribution is -2.10. The Morgan fingerprint density at radius 2 is 2.31 bits per heavy atom. The molecule has 1 fully saturated rings. The largest absolute Gasteiger partial charge is 0.481 e. The topological polar surface area (TPSA) is 50.2 Å². The smallest absolute Gasteiger partial charge is 0.313 e. The van der Waals surface area contributed by atoms with E-state index in [0.29, 0.717) is 12.3 Å². The molecule has 1 aromatic heterocycles. The third-order valence-electron chi connectivity index (χ3n) is 3.32. The van der Waals surface area contributed by atoms with Gasteiger partial charge in [0.1, 0.15) is 10.9 Å². The molecule has 0 spiro atoms. The van der Waals surface area contributed by atoms with E-state index in [-0.39, 0.29) is 0 Å². The molecule has 0 saturated heterocycles. The van der Waals surface area contributed by atoms with Crippen molar-refractivity contribution in [3.8, 4) is 0 Å². The number of aliphatic carboxylic acids is 1. The summed E-state index contributed by atoms with van der Waals surface area (Å²) in [6.45, 7) is 1.90. The van der Waals surface area contributed by atoms with Gasteiger partial charge in [-0.2, -0.15) is 0 Å². The monoisotopic (exact) mass is 239 g/mol. The van der Waals surface area contributed by atoms with Crippen molar-refractivity contribution in [3.63, 3.8) is 0 Å². The molecule has 2 rings (SSSR count). The van der Waals surface area contributed by atoms with Crippen LogP contribution in [0, 0.1) is 0 Å². The molecular weight excluding hydrogens is 222 g/mol. The summed E-state index contributed by atoms with van der Waals surface area (Å²) in [6, 6.07) is 0. The quantitative estimate of drug-likeness (QED) is 0.876. The van der Waals surface area contributed by atoms with Gasteiger partial charge in [0.05, 0.1) is 5.69 Å². The zero-order valence-corrected chi connectivity index (χ0v) is 10.3. The summed E-state index contributed by atoms with van der Waals surface area (Å²) in [5.41, 5.74) is 1.12. The van der Waals surface area contributed by atoms with E-state index in [1.807, 2.05) is 6.92 Å². The van der Waals surface area contributed by atoms with Crippen molar-refractivity contribution in [3.05, 3.63) is 16.1 Å². The van der Waals surface area contributed by atoms with Crippen LogP contribution in [-0.2, 0) is 4.79 Å². The van der Waals surface area contributed by atoms with Crippen molar-refractivity contribution in [2.75, 3.05) is 0 Å². The summed E-state index contributed by atoms with van der Waals surface area (Å²) in [4.78, 5) is 15.6. The lowest BCUT2D eigenvalue weighted by atomic mass is 10.1. The summed E-state index contributed by atoms with van der Waals surface area (Å²) in [7, 11) is 0. The number of thiazole rings is 1. The number of rotatable bonds is 4. The Labute approximate surface area is 99.5 Å². The number of aromatic nitrogens is 1. The third-order valence-corrected chi connectivity index (χ3v) is 4.29. The number of hydrogen-bond donors (Lipinski definition) is 1. The standard InChI is InChI=1S/C12H17NO2S/c1-2-9(12(14)15)11-13-10(7-16-11)8-5-3-4-6-8/h7-9H,2-6H2,1H3,(H,14,15). The molecule has 0 amide bonds. The number of carboxylic acid groups (broad SMARTS) is 1. The van der Waals surface area contributed by atoms with E-state index in [2.05, 4.69) is 10.4 Å². The van der Waals surface area contributed by atoms with Gasteiger partial charge in [-0.05, 0) is 19.3 Å². The Hall–Kier alpha value is -0.900. The van der Waals surface area contributed by atoms with Crippen LogP contribution in [-0.4, -0.2) is 16.1 Å². The van der Waals surface area contributed by atoms with Crippen molar-refractivity contribution >= 4 is 17.3 Å². The average Bonchev–Trinajstić information content (AvgIpc) is 2.86. The van der Waals surface area contributed by atoms with Gasteiger partial charge in [-0.1, -0.05) is 19.8 Å². The molecule has 4 heteroatoms. The molecule has 1 saturated carbocycles. The Kier molecular flexibility index (Phi) is 3.59. The maximum atomic E-state index is 11.0. The van der Waals surface area contributed by atoms with Crippen LogP contribution >= 0.6 is 11.3 Å². The summed E-state index contributed by atoms with van der Waals surface area (Å²) >= 11 is 1.51. The van der Waals surface area contributed by atoms with Gasteiger partial charge in [0.2, 0.25) is 0 Å². The number of carbonyl (C=O) groups is 1. The van der Waals surface area contributed by atoms with Crippen LogP contribution in [0.3, 0.4) is 0 Å². The van der Waals surface area contributed by atoms with E-state index in [4.69, 9.17) is 5.11 Å². The molecule has 1 aliphatic carbocycles. The first kappa shape index (κ1) is 11.6. The molecule has 1 heterocycles. The molecule has 1 aromatic rings. The average molecular weight is 239 g/mol. The van der Waals surface area contributed by atoms with Crippen molar-refractivity contribution in [2.45, 2.75) is 50.9 Å². The molecule has 1 aliphatic rings.